The first-order valence-electron chi connectivity index (χ1n) is 10.0. The van der Waals surface area contributed by atoms with E-state index in [1.807, 2.05) is 47.4 Å². The minimum Gasteiger partial charge on any atom is -0.497 e. The van der Waals surface area contributed by atoms with Crippen LogP contribution in [-0.4, -0.2) is 49.6 Å². The molecule has 1 aliphatic rings. The van der Waals surface area contributed by atoms with Gasteiger partial charge < -0.3 is 14.4 Å². The predicted octanol–water partition coefficient (Wildman–Crippen LogP) is 4.54. The molecule has 0 spiro atoms. The average molecular weight is 417 g/mol. The first kappa shape index (κ1) is 21.5. The van der Waals surface area contributed by atoms with Gasteiger partial charge in [0.2, 0.25) is 5.91 Å². The summed E-state index contributed by atoms with van der Waals surface area (Å²) in [5.41, 5.74) is 2.04. The van der Waals surface area contributed by atoms with Crippen LogP contribution in [0.2, 0.25) is 5.02 Å². The van der Waals surface area contributed by atoms with Crippen LogP contribution in [0, 0.1) is 0 Å². The SMILES string of the molecule is CCN(CC(=O)N1CCCC1c1cc(OC)ccc1OC)Cc1ccccc1Cl. The Hall–Kier alpha value is -2.24. The molecule has 2 aromatic carbocycles. The Morgan fingerprint density at radius 2 is 2.00 bits per heavy atom. The van der Waals surface area contributed by atoms with Gasteiger partial charge in [0.25, 0.3) is 0 Å². The largest absolute Gasteiger partial charge is 0.497 e. The Labute approximate surface area is 178 Å². The molecule has 0 N–H and O–H groups in total. The number of hydrogen-bond acceptors (Lipinski definition) is 4. The van der Waals surface area contributed by atoms with Crippen LogP contribution in [0.3, 0.4) is 0 Å². The number of carbonyl (C=O) groups is 1. The molecule has 0 aliphatic carbocycles. The molecule has 1 atom stereocenters. The van der Waals surface area contributed by atoms with E-state index in [1.165, 1.54) is 0 Å². The van der Waals surface area contributed by atoms with Gasteiger partial charge in [0.15, 0.2) is 0 Å². The summed E-state index contributed by atoms with van der Waals surface area (Å²) in [7, 11) is 3.31. The van der Waals surface area contributed by atoms with Gasteiger partial charge in [0.1, 0.15) is 11.5 Å². The Bertz CT molecular complexity index is 843. The van der Waals surface area contributed by atoms with E-state index >= 15 is 0 Å². The van der Waals surface area contributed by atoms with Crippen molar-refractivity contribution in [1.29, 1.82) is 0 Å². The minimum atomic E-state index is 0.00608. The summed E-state index contributed by atoms with van der Waals surface area (Å²) < 4.78 is 11.0. The third kappa shape index (κ3) is 5.03. The van der Waals surface area contributed by atoms with Crippen molar-refractivity contribution in [3.8, 4) is 11.5 Å². The minimum absolute atomic E-state index is 0.00608. The van der Waals surface area contributed by atoms with Gasteiger partial charge in [0.05, 0.1) is 26.8 Å². The van der Waals surface area contributed by atoms with Crippen LogP contribution in [-0.2, 0) is 11.3 Å². The Kier molecular flexibility index (Phi) is 7.40. The second-order valence-corrected chi connectivity index (χ2v) is 7.65. The van der Waals surface area contributed by atoms with E-state index in [-0.39, 0.29) is 11.9 Å². The maximum atomic E-state index is 13.2. The van der Waals surface area contributed by atoms with Crippen molar-refractivity contribution in [2.75, 3.05) is 33.9 Å². The quantitative estimate of drug-likeness (QED) is 0.633. The van der Waals surface area contributed by atoms with Crippen molar-refractivity contribution in [3.63, 3.8) is 0 Å². The third-order valence-electron chi connectivity index (χ3n) is 5.53. The fourth-order valence-electron chi connectivity index (χ4n) is 3.92. The second kappa shape index (κ2) is 9.99. The summed E-state index contributed by atoms with van der Waals surface area (Å²) in [5, 5.41) is 0.735. The average Bonchev–Trinajstić information content (AvgIpc) is 3.24. The number of halogens is 1. The van der Waals surface area contributed by atoms with Crippen molar-refractivity contribution in [1.82, 2.24) is 9.80 Å². The van der Waals surface area contributed by atoms with Gasteiger partial charge in [-0.15, -0.1) is 0 Å². The fraction of sp³-hybridized carbons (Fsp3) is 0.435. The number of methoxy groups -OCH3 is 2. The molecule has 0 saturated carbocycles. The van der Waals surface area contributed by atoms with Gasteiger partial charge in [-0.05, 0) is 49.2 Å². The van der Waals surface area contributed by atoms with Gasteiger partial charge in [-0.25, -0.2) is 0 Å². The molecule has 1 heterocycles. The van der Waals surface area contributed by atoms with E-state index in [1.54, 1.807) is 14.2 Å². The highest BCUT2D eigenvalue weighted by Gasteiger charge is 2.32. The number of nitrogens with zero attached hydrogens (tertiary/aromatic N) is 2. The maximum absolute atomic E-state index is 13.2. The molecule has 6 heteroatoms. The number of likely N-dealkylation sites (N-methyl/N-ethyl adjacent to an activating group) is 1. The highest BCUT2D eigenvalue weighted by Crippen LogP contribution is 2.39. The van der Waals surface area contributed by atoms with E-state index < -0.39 is 0 Å². The molecule has 1 fully saturated rings. The van der Waals surface area contributed by atoms with Gasteiger partial charge in [-0.3, -0.25) is 9.69 Å². The second-order valence-electron chi connectivity index (χ2n) is 7.25. The Morgan fingerprint density at radius 3 is 2.69 bits per heavy atom. The number of likely N-dealkylation sites (tertiary alicyclic amines) is 1. The lowest BCUT2D eigenvalue weighted by atomic mass is 10.0. The van der Waals surface area contributed by atoms with E-state index in [2.05, 4.69) is 11.8 Å². The molecule has 1 aliphatic heterocycles. The van der Waals surface area contributed by atoms with Crippen molar-refractivity contribution >= 4 is 17.5 Å². The number of rotatable bonds is 8. The van der Waals surface area contributed by atoms with E-state index in [9.17, 15) is 4.79 Å². The monoisotopic (exact) mass is 416 g/mol. The zero-order valence-corrected chi connectivity index (χ0v) is 18.1. The maximum Gasteiger partial charge on any atom is 0.237 e. The zero-order valence-electron chi connectivity index (χ0n) is 17.4. The lowest BCUT2D eigenvalue weighted by Crippen LogP contribution is -2.39. The topological polar surface area (TPSA) is 42.0 Å². The number of benzene rings is 2. The molecule has 3 rings (SSSR count). The van der Waals surface area contributed by atoms with Crippen molar-refractivity contribution in [2.45, 2.75) is 32.4 Å². The summed E-state index contributed by atoms with van der Waals surface area (Å²) in [6.07, 6.45) is 1.90. The van der Waals surface area contributed by atoms with Crippen LogP contribution < -0.4 is 9.47 Å². The lowest BCUT2D eigenvalue weighted by Gasteiger charge is -2.29. The standard InChI is InChI=1S/C23H29ClN2O3/c1-4-25(15-17-8-5-6-9-20(17)24)16-23(27)26-13-7-10-21(26)19-14-18(28-2)11-12-22(19)29-3/h5-6,8-9,11-12,14,21H,4,7,10,13,15-16H2,1-3H3. The van der Waals surface area contributed by atoms with Gasteiger partial charge >= 0.3 is 0 Å². The first-order valence-corrected chi connectivity index (χ1v) is 10.4. The van der Waals surface area contributed by atoms with Crippen molar-refractivity contribution in [2.24, 2.45) is 0 Å². The van der Waals surface area contributed by atoms with Gasteiger partial charge in [0, 0.05) is 23.7 Å². The fourth-order valence-corrected chi connectivity index (χ4v) is 4.11. The summed E-state index contributed by atoms with van der Waals surface area (Å²) in [5.74, 6) is 1.69. The molecule has 0 radical (unpaired) electrons. The van der Waals surface area contributed by atoms with Crippen molar-refractivity contribution in [3.05, 3.63) is 58.6 Å². The molecular weight excluding hydrogens is 388 g/mol. The molecule has 0 aromatic heterocycles. The Morgan fingerprint density at radius 1 is 1.21 bits per heavy atom. The molecule has 1 saturated heterocycles. The van der Waals surface area contributed by atoms with Gasteiger partial charge in [-0.1, -0.05) is 36.7 Å². The molecule has 156 valence electrons. The summed E-state index contributed by atoms with van der Waals surface area (Å²) in [6, 6.07) is 13.6. The normalized spacial score (nSPS) is 16.3. The predicted molar refractivity (Wildman–Crippen MR) is 116 cm³/mol. The first-order chi connectivity index (χ1) is 14.1. The Balaban J connectivity index is 1.75. The van der Waals surface area contributed by atoms with E-state index in [0.717, 1.165) is 53.6 Å². The molecule has 1 amide bonds. The molecule has 5 nitrogen and oxygen atoms in total. The number of ether oxygens (including phenoxy) is 2. The molecule has 1 unspecified atom stereocenters. The van der Waals surface area contributed by atoms with E-state index in [0.29, 0.717) is 13.1 Å². The number of hydrogen-bond donors (Lipinski definition) is 0. The molecule has 2 aromatic rings. The molecule has 29 heavy (non-hydrogen) atoms. The van der Waals surface area contributed by atoms with Crippen LogP contribution in [0.1, 0.15) is 36.9 Å². The summed E-state index contributed by atoms with van der Waals surface area (Å²) in [6.45, 7) is 4.62. The summed E-state index contributed by atoms with van der Waals surface area (Å²) in [4.78, 5) is 17.3. The molecule has 0 bridgehead atoms. The van der Waals surface area contributed by atoms with Crippen LogP contribution in [0.4, 0.5) is 0 Å². The third-order valence-corrected chi connectivity index (χ3v) is 5.90. The van der Waals surface area contributed by atoms with Crippen LogP contribution >= 0.6 is 11.6 Å². The number of amides is 1. The smallest absolute Gasteiger partial charge is 0.237 e. The van der Waals surface area contributed by atoms with Crippen LogP contribution in [0.5, 0.6) is 11.5 Å². The van der Waals surface area contributed by atoms with Crippen LogP contribution in [0.25, 0.3) is 0 Å². The molecular formula is C23H29ClN2O3. The lowest BCUT2D eigenvalue weighted by molar-refractivity contribution is -0.133. The van der Waals surface area contributed by atoms with Crippen LogP contribution in [0.15, 0.2) is 42.5 Å². The van der Waals surface area contributed by atoms with Crippen molar-refractivity contribution < 1.29 is 14.3 Å². The summed E-state index contributed by atoms with van der Waals surface area (Å²) >= 11 is 6.31. The highest BCUT2D eigenvalue weighted by atomic mass is 35.5. The van der Waals surface area contributed by atoms with Gasteiger partial charge in [-0.2, -0.15) is 0 Å². The highest BCUT2D eigenvalue weighted by molar-refractivity contribution is 6.31. The number of carbonyl (C=O) groups excluding carboxylic acids is 1. The van der Waals surface area contributed by atoms with E-state index in [4.69, 9.17) is 21.1 Å². The zero-order chi connectivity index (χ0) is 20.8.